The topological polar surface area (TPSA) is 237 Å². The molecule has 0 aromatic carbocycles. The minimum atomic E-state index is -1.29. The van der Waals surface area contributed by atoms with Crippen LogP contribution in [0.2, 0.25) is 0 Å². The van der Waals surface area contributed by atoms with Crippen molar-refractivity contribution in [2.75, 3.05) is 10.9 Å². The number of nitrogens with one attached hydrogen (secondary N) is 4. The molecule has 2 aromatic heterocycles. The van der Waals surface area contributed by atoms with Gasteiger partial charge in [-0.25, -0.2) is 30.0 Å². The Morgan fingerprint density at radius 3 is 1.57 bits per heavy atom. The molecule has 260 valence electrons. The molecule has 18 nitrogen and oxygen atoms in total. The van der Waals surface area contributed by atoms with E-state index in [0.29, 0.717) is 55.7 Å². The van der Waals surface area contributed by atoms with Crippen LogP contribution in [-0.4, -0.2) is 77.2 Å². The van der Waals surface area contributed by atoms with Crippen molar-refractivity contribution >= 4 is 47.2 Å². The van der Waals surface area contributed by atoms with Gasteiger partial charge in [0.15, 0.2) is 0 Å². The highest BCUT2D eigenvalue weighted by atomic mass is 16.8. The second-order valence-electron chi connectivity index (χ2n) is 10.8. The van der Waals surface area contributed by atoms with E-state index < -0.39 is 46.9 Å². The Bertz CT molecular complexity index is 1700. The van der Waals surface area contributed by atoms with E-state index in [-0.39, 0.29) is 11.9 Å². The number of anilines is 2. The lowest BCUT2D eigenvalue weighted by Gasteiger charge is -2.34. The van der Waals surface area contributed by atoms with E-state index in [1.165, 1.54) is 0 Å². The Hall–Kier alpha value is -5.94. The molecule has 0 atom stereocenters. The van der Waals surface area contributed by atoms with Gasteiger partial charge in [-0.2, -0.15) is 20.2 Å². The molecule has 4 heterocycles. The SMILES string of the molecule is C=C(C=CC=C(C=CC)Cc1nc(NN=C2C(=O)OC(CC)(CC)OC2=O)n[nH]1)Cc1nc(NN=C2C(=O)OC(CC)(CC)OC2=O)n[nH]1. The fraction of sp³-hybridized carbons (Fsp3) is 0.419. The van der Waals surface area contributed by atoms with Gasteiger partial charge in [0.25, 0.3) is 34.9 Å². The van der Waals surface area contributed by atoms with Crippen LogP contribution in [0.1, 0.15) is 72.0 Å². The van der Waals surface area contributed by atoms with Gasteiger partial charge in [-0.1, -0.05) is 64.7 Å². The van der Waals surface area contributed by atoms with Gasteiger partial charge in [0, 0.05) is 38.5 Å². The molecule has 2 aliphatic rings. The van der Waals surface area contributed by atoms with Gasteiger partial charge >= 0.3 is 23.9 Å². The third-order valence-electron chi connectivity index (χ3n) is 7.43. The highest BCUT2D eigenvalue weighted by Gasteiger charge is 2.46. The summed E-state index contributed by atoms with van der Waals surface area (Å²) in [5, 5.41) is 21.1. The van der Waals surface area contributed by atoms with Crippen molar-refractivity contribution in [1.82, 2.24) is 30.4 Å². The van der Waals surface area contributed by atoms with Crippen LogP contribution >= 0.6 is 0 Å². The molecule has 0 spiro atoms. The van der Waals surface area contributed by atoms with E-state index in [4.69, 9.17) is 18.9 Å². The fourth-order valence-corrected chi connectivity index (χ4v) is 4.56. The first-order valence-corrected chi connectivity index (χ1v) is 15.6. The Balaban J connectivity index is 1.30. The monoisotopic (exact) mass is 678 g/mol. The molecule has 2 aromatic rings. The molecule has 4 N–H and O–H groups in total. The summed E-state index contributed by atoms with van der Waals surface area (Å²) in [7, 11) is 0. The summed E-state index contributed by atoms with van der Waals surface area (Å²) in [5.74, 6) is -5.16. The summed E-state index contributed by atoms with van der Waals surface area (Å²) in [4.78, 5) is 57.9. The van der Waals surface area contributed by atoms with E-state index >= 15 is 0 Å². The number of ether oxygens (including phenoxy) is 4. The molecule has 18 heteroatoms. The van der Waals surface area contributed by atoms with Gasteiger partial charge in [0.2, 0.25) is 0 Å². The molecule has 2 aliphatic heterocycles. The first-order valence-electron chi connectivity index (χ1n) is 15.6. The van der Waals surface area contributed by atoms with Crippen molar-refractivity contribution in [2.24, 2.45) is 10.2 Å². The number of allylic oxidation sites excluding steroid dienone is 7. The number of esters is 4. The molecule has 0 radical (unpaired) electrons. The van der Waals surface area contributed by atoms with Crippen molar-refractivity contribution in [3.63, 3.8) is 0 Å². The van der Waals surface area contributed by atoms with E-state index in [0.717, 1.165) is 5.57 Å². The predicted molar refractivity (Wildman–Crippen MR) is 174 cm³/mol. The number of carbonyl (C=O) groups excluding carboxylic acids is 4. The van der Waals surface area contributed by atoms with Crippen LogP contribution in [0, 0.1) is 0 Å². The standard InChI is InChI=1S/C31H38N10O8/c1-7-13-19(17-21-33-29(39-35-21)41-37-23-26(44)48-31(10-4,11-5)49-27(23)45)15-12-14-18(6)16-20-32-28(38-34-20)40-36-22-24(42)46-30(8-2,9-3)47-25(22)43/h7,12-15H,6,8-11,16-17H2,1-5H3,(H2,32,34,38,40)(H2,33,35,39,41). The molecule has 2 saturated heterocycles. The lowest BCUT2D eigenvalue weighted by molar-refractivity contribution is -0.231. The van der Waals surface area contributed by atoms with Crippen LogP contribution in [0.5, 0.6) is 0 Å². The molecule has 2 fully saturated rings. The van der Waals surface area contributed by atoms with Crippen LogP contribution in [-0.2, 0) is 51.0 Å². The van der Waals surface area contributed by atoms with E-state index in [2.05, 4.69) is 58.0 Å². The number of cyclic esters (lactones) is 4. The molecule has 49 heavy (non-hydrogen) atoms. The van der Waals surface area contributed by atoms with Crippen LogP contribution in [0.4, 0.5) is 11.9 Å². The van der Waals surface area contributed by atoms with Gasteiger partial charge < -0.3 is 18.9 Å². The molecule has 4 rings (SSSR count). The number of nitrogens with zero attached hydrogens (tertiary/aromatic N) is 6. The number of aromatic amines is 2. The summed E-state index contributed by atoms with van der Waals surface area (Å²) >= 11 is 0. The smallest absolute Gasteiger partial charge is 0.369 e. The number of hydrogen-bond acceptors (Lipinski definition) is 16. The van der Waals surface area contributed by atoms with E-state index in [1.54, 1.807) is 39.8 Å². The Labute approximate surface area is 281 Å². The lowest BCUT2D eigenvalue weighted by atomic mass is 10.1. The average Bonchev–Trinajstić information content (AvgIpc) is 3.72. The zero-order chi connectivity index (χ0) is 35.6. The summed E-state index contributed by atoms with van der Waals surface area (Å²) < 4.78 is 21.1. The van der Waals surface area contributed by atoms with Crippen LogP contribution in [0.3, 0.4) is 0 Å². The second-order valence-corrected chi connectivity index (χ2v) is 10.8. The molecule has 0 aliphatic carbocycles. The van der Waals surface area contributed by atoms with Crippen LogP contribution < -0.4 is 10.9 Å². The van der Waals surface area contributed by atoms with Gasteiger partial charge in [-0.3, -0.25) is 10.2 Å². The number of hydrogen-bond donors (Lipinski definition) is 4. The highest BCUT2D eigenvalue weighted by Crippen LogP contribution is 2.28. The second kappa shape index (κ2) is 15.8. The minimum absolute atomic E-state index is 0.0268. The summed E-state index contributed by atoms with van der Waals surface area (Å²) in [5.41, 5.74) is 5.44. The van der Waals surface area contributed by atoms with E-state index in [1.807, 2.05) is 25.2 Å². The number of rotatable bonds is 15. The first-order chi connectivity index (χ1) is 23.5. The predicted octanol–water partition coefficient (Wildman–Crippen LogP) is 3.09. The largest absolute Gasteiger partial charge is 0.418 e. The maximum Gasteiger partial charge on any atom is 0.369 e. The van der Waals surface area contributed by atoms with Crippen molar-refractivity contribution in [2.45, 2.75) is 84.7 Å². The molecular formula is C31H38N10O8. The summed E-state index contributed by atoms with van der Waals surface area (Å²) in [6, 6.07) is 0. The molecular weight excluding hydrogens is 640 g/mol. The lowest BCUT2D eigenvalue weighted by Crippen LogP contribution is -2.50. The maximum absolute atomic E-state index is 12.4. The van der Waals surface area contributed by atoms with E-state index in [9.17, 15) is 19.2 Å². The van der Waals surface area contributed by atoms with Crippen molar-refractivity contribution < 1.29 is 38.1 Å². The van der Waals surface area contributed by atoms with Crippen molar-refractivity contribution in [3.05, 3.63) is 59.8 Å². The summed E-state index contributed by atoms with van der Waals surface area (Å²) in [6.45, 7) is 12.9. The third kappa shape index (κ3) is 8.91. The zero-order valence-corrected chi connectivity index (χ0v) is 27.8. The average molecular weight is 679 g/mol. The van der Waals surface area contributed by atoms with Crippen LogP contribution in [0.15, 0.2) is 58.3 Å². The highest BCUT2D eigenvalue weighted by molar-refractivity contribution is 6.63. The maximum atomic E-state index is 12.4. The van der Waals surface area contributed by atoms with Crippen molar-refractivity contribution in [1.29, 1.82) is 0 Å². The molecule has 0 bridgehead atoms. The zero-order valence-electron chi connectivity index (χ0n) is 27.8. The van der Waals surface area contributed by atoms with Crippen LogP contribution in [0.25, 0.3) is 0 Å². The molecule has 0 amide bonds. The number of aromatic nitrogens is 6. The minimum Gasteiger partial charge on any atom is -0.418 e. The Kier molecular flexibility index (Phi) is 11.6. The quantitative estimate of drug-likeness (QED) is 0.120. The first kappa shape index (κ1) is 35.9. The third-order valence-corrected chi connectivity index (χ3v) is 7.43. The number of carbonyl (C=O) groups is 4. The fourth-order valence-electron chi connectivity index (χ4n) is 4.56. The molecule has 0 saturated carbocycles. The molecule has 0 unspecified atom stereocenters. The van der Waals surface area contributed by atoms with Crippen molar-refractivity contribution in [3.8, 4) is 0 Å². The van der Waals surface area contributed by atoms with Gasteiger partial charge in [-0.05, 0) is 18.1 Å². The normalized spacial score (nSPS) is 17.4. The van der Waals surface area contributed by atoms with Gasteiger partial charge in [0.05, 0.1) is 0 Å². The number of hydrazone groups is 2. The van der Waals surface area contributed by atoms with Gasteiger partial charge in [0.1, 0.15) is 11.6 Å². The van der Waals surface area contributed by atoms with Gasteiger partial charge in [-0.15, -0.1) is 10.2 Å². The Morgan fingerprint density at radius 2 is 1.16 bits per heavy atom. The Morgan fingerprint density at radius 1 is 0.735 bits per heavy atom. The summed E-state index contributed by atoms with van der Waals surface area (Å²) in [6.07, 6.45) is 11.2. The number of H-pyrrole nitrogens is 2.